The van der Waals surface area contributed by atoms with E-state index in [1.807, 2.05) is 0 Å². The molecule has 0 amide bonds. The first-order valence-corrected chi connectivity index (χ1v) is 6.69. The van der Waals surface area contributed by atoms with Crippen molar-refractivity contribution in [3.63, 3.8) is 0 Å². The number of ether oxygens (including phenoxy) is 1. The number of morpholine rings is 1. The number of hydrogen-bond acceptors (Lipinski definition) is 4. The van der Waals surface area contributed by atoms with Crippen LogP contribution in [0.3, 0.4) is 0 Å². The van der Waals surface area contributed by atoms with Crippen molar-refractivity contribution in [1.29, 1.82) is 0 Å². The second-order valence-corrected chi connectivity index (χ2v) is 4.79. The summed E-state index contributed by atoms with van der Waals surface area (Å²) in [6.07, 6.45) is 3.93. The van der Waals surface area contributed by atoms with Crippen LogP contribution in [-0.2, 0) is 4.74 Å². The Bertz CT molecular complexity index is 175. The third kappa shape index (κ3) is 4.37. The second-order valence-electron chi connectivity index (χ2n) is 4.79. The van der Waals surface area contributed by atoms with E-state index in [2.05, 4.69) is 15.5 Å². The van der Waals surface area contributed by atoms with E-state index < -0.39 is 0 Å². The lowest BCUT2D eigenvalue weighted by atomic mass is 10.1. The third-order valence-electron chi connectivity index (χ3n) is 3.54. The second kappa shape index (κ2) is 7.22. The summed E-state index contributed by atoms with van der Waals surface area (Å²) in [6, 6.07) is 0.732. The van der Waals surface area contributed by atoms with Crippen LogP contribution in [0.25, 0.3) is 0 Å². The molecule has 0 saturated carbocycles. The summed E-state index contributed by atoms with van der Waals surface area (Å²) in [4.78, 5) is 2.49. The van der Waals surface area contributed by atoms with Crippen LogP contribution in [0.2, 0.25) is 0 Å². The summed E-state index contributed by atoms with van der Waals surface area (Å²) in [5.74, 6) is 0. The molecule has 2 N–H and O–H groups in total. The van der Waals surface area contributed by atoms with Crippen LogP contribution in [0.4, 0.5) is 0 Å². The van der Waals surface area contributed by atoms with E-state index in [9.17, 15) is 0 Å². The number of hydrogen-bond donors (Lipinski definition) is 2. The van der Waals surface area contributed by atoms with E-state index in [-0.39, 0.29) is 0 Å². The molecule has 2 fully saturated rings. The zero-order valence-electron chi connectivity index (χ0n) is 10.2. The van der Waals surface area contributed by atoms with Gasteiger partial charge >= 0.3 is 0 Å². The maximum atomic E-state index is 5.34. The fraction of sp³-hybridized carbons (Fsp3) is 1.00. The van der Waals surface area contributed by atoms with E-state index in [1.165, 1.54) is 38.9 Å². The van der Waals surface area contributed by atoms with Crippen LogP contribution in [0.1, 0.15) is 19.3 Å². The number of nitrogens with zero attached hydrogens (tertiary/aromatic N) is 1. The van der Waals surface area contributed by atoms with Crippen molar-refractivity contribution in [3.05, 3.63) is 0 Å². The Hall–Kier alpha value is -0.160. The van der Waals surface area contributed by atoms with E-state index in [1.54, 1.807) is 0 Å². The van der Waals surface area contributed by atoms with Gasteiger partial charge in [0.1, 0.15) is 0 Å². The average Bonchev–Trinajstić information content (AvgIpc) is 2.59. The first kappa shape index (κ1) is 12.3. The highest BCUT2D eigenvalue weighted by Crippen LogP contribution is 2.04. The Morgan fingerprint density at radius 1 is 1.19 bits per heavy atom. The van der Waals surface area contributed by atoms with Crippen molar-refractivity contribution in [1.82, 2.24) is 15.5 Å². The largest absolute Gasteiger partial charge is 0.379 e. The topological polar surface area (TPSA) is 36.5 Å². The quantitative estimate of drug-likeness (QED) is 0.711. The van der Waals surface area contributed by atoms with Gasteiger partial charge in [-0.2, -0.15) is 0 Å². The Balaban J connectivity index is 1.55. The minimum atomic E-state index is 0.732. The van der Waals surface area contributed by atoms with Crippen LogP contribution >= 0.6 is 0 Å². The molecular formula is C12H25N3O. The normalized spacial score (nSPS) is 28.9. The van der Waals surface area contributed by atoms with Crippen molar-refractivity contribution < 1.29 is 4.74 Å². The van der Waals surface area contributed by atoms with Crippen LogP contribution in [0.5, 0.6) is 0 Å². The van der Waals surface area contributed by atoms with Gasteiger partial charge in [0.25, 0.3) is 0 Å². The molecule has 4 nitrogen and oxygen atoms in total. The molecule has 0 aromatic carbocycles. The summed E-state index contributed by atoms with van der Waals surface area (Å²) in [7, 11) is 0. The zero-order chi connectivity index (χ0) is 11.1. The molecule has 0 radical (unpaired) electrons. The lowest BCUT2D eigenvalue weighted by Crippen LogP contribution is -2.42. The van der Waals surface area contributed by atoms with Crippen LogP contribution in [-0.4, -0.2) is 63.4 Å². The minimum absolute atomic E-state index is 0.732. The minimum Gasteiger partial charge on any atom is -0.379 e. The van der Waals surface area contributed by atoms with Gasteiger partial charge in [0.2, 0.25) is 0 Å². The van der Waals surface area contributed by atoms with Gasteiger partial charge in [-0.1, -0.05) is 0 Å². The monoisotopic (exact) mass is 227 g/mol. The van der Waals surface area contributed by atoms with Gasteiger partial charge in [-0.25, -0.2) is 0 Å². The van der Waals surface area contributed by atoms with Crippen LogP contribution < -0.4 is 10.6 Å². The fourth-order valence-corrected chi connectivity index (χ4v) is 2.47. The highest BCUT2D eigenvalue weighted by atomic mass is 16.5. The lowest BCUT2D eigenvalue weighted by molar-refractivity contribution is 0.0381. The van der Waals surface area contributed by atoms with Gasteiger partial charge in [0, 0.05) is 32.2 Å². The predicted octanol–water partition coefficient (Wildman–Crippen LogP) is 0.0503. The molecule has 2 heterocycles. The van der Waals surface area contributed by atoms with E-state index in [0.29, 0.717) is 0 Å². The molecule has 2 aliphatic rings. The molecule has 16 heavy (non-hydrogen) atoms. The summed E-state index contributed by atoms with van der Waals surface area (Å²) in [6.45, 7) is 8.71. The van der Waals surface area contributed by atoms with Gasteiger partial charge in [-0.3, -0.25) is 4.90 Å². The third-order valence-corrected chi connectivity index (χ3v) is 3.54. The molecule has 94 valence electrons. The molecule has 2 saturated heterocycles. The predicted molar refractivity (Wildman–Crippen MR) is 65.8 cm³/mol. The highest BCUT2D eigenvalue weighted by molar-refractivity contribution is 4.73. The highest BCUT2D eigenvalue weighted by Gasteiger charge is 2.13. The molecule has 0 bridgehead atoms. The molecule has 2 aliphatic heterocycles. The van der Waals surface area contributed by atoms with Gasteiger partial charge in [0.15, 0.2) is 0 Å². The first-order valence-electron chi connectivity index (χ1n) is 6.69. The van der Waals surface area contributed by atoms with Crippen molar-refractivity contribution in [3.8, 4) is 0 Å². The van der Waals surface area contributed by atoms with Crippen LogP contribution in [0, 0.1) is 0 Å². The van der Waals surface area contributed by atoms with Crippen molar-refractivity contribution >= 4 is 0 Å². The van der Waals surface area contributed by atoms with Gasteiger partial charge in [-0.15, -0.1) is 0 Å². The van der Waals surface area contributed by atoms with E-state index >= 15 is 0 Å². The van der Waals surface area contributed by atoms with Gasteiger partial charge in [-0.05, 0) is 32.4 Å². The SMILES string of the molecule is C1CNCCC(NCCN2CCOCC2)C1. The van der Waals surface area contributed by atoms with Gasteiger partial charge in [0.05, 0.1) is 13.2 Å². The van der Waals surface area contributed by atoms with Crippen molar-refractivity contribution in [2.75, 3.05) is 52.5 Å². The van der Waals surface area contributed by atoms with Crippen molar-refractivity contribution in [2.24, 2.45) is 0 Å². The van der Waals surface area contributed by atoms with E-state index in [0.717, 1.165) is 38.9 Å². The number of nitrogens with one attached hydrogen (secondary N) is 2. The Kier molecular flexibility index (Phi) is 5.55. The maximum absolute atomic E-state index is 5.34. The smallest absolute Gasteiger partial charge is 0.0594 e. The summed E-state index contributed by atoms with van der Waals surface area (Å²) >= 11 is 0. The maximum Gasteiger partial charge on any atom is 0.0594 e. The molecule has 0 aliphatic carbocycles. The van der Waals surface area contributed by atoms with Crippen molar-refractivity contribution in [2.45, 2.75) is 25.3 Å². The Labute approximate surface area is 98.7 Å². The molecule has 4 heteroatoms. The molecule has 0 aromatic rings. The molecular weight excluding hydrogens is 202 g/mol. The standard InChI is InChI=1S/C12H25N3O/c1-2-12(3-5-13-4-1)14-6-7-15-8-10-16-11-9-15/h12-14H,1-11H2. The Morgan fingerprint density at radius 3 is 2.94 bits per heavy atom. The Morgan fingerprint density at radius 2 is 2.06 bits per heavy atom. The first-order chi connectivity index (χ1) is 7.95. The molecule has 1 atom stereocenters. The molecule has 0 spiro atoms. The van der Waals surface area contributed by atoms with E-state index in [4.69, 9.17) is 4.74 Å². The molecule has 2 rings (SSSR count). The molecule has 0 aromatic heterocycles. The summed E-state index contributed by atoms with van der Waals surface area (Å²) in [5, 5.41) is 7.14. The summed E-state index contributed by atoms with van der Waals surface area (Å²) in [5.41, 5.74) is 0. The average molecular weight is 227 g/mol. The summed E-state index contributed by atoms with van der Waals surface area (Å²) < 4.78 is 5.34. The molecule has 1 unspecified atom stereocenters. The lowest BCUT2D eigenvalue weighted by Gasteiger charge is -2.27. The van der Waals surface area contributed by atoms with Gasteiger partial charge < -0.3 is 15.4 Å². The zero-order valence-corrected chi connectivity index (χ0v) is 10.2. The number of rotatable bonds is 4. The fourth-order valence-electron chi connectivity index (χ4n) is 2.47. The van der Waals surface area contributed by atoms with Crippen LogP contribution in [0.15, 0.2) is 0 Å².